The maximum atomic E-state index is 11.5. The zero-order valence-electron chi connectivity index (χ0n) is 8.76. The SMILES string of the molecule is O=c1[nH]c(=O)n([C@H]2COC[C@@H](CO)O2)cc1Cl. The number of aromatic nitrogens is 2. The maximum absolute atomic E-state index is 11.5. The van der Waals surface area contributed by atoms with Crippen LogP contribution in [0.2, 0.25) is 5.02 Å². The second kappa shape index (κ2) is 5.01. The third-order valence-corrected chi connectivity index (χ3v) is 2.62. The molecule has 0 aliphatic carbocycles. The number of rotatable bonds is 2. The van der Waals surface area contributed by atoms with Crippen LogP contribution in [-0.4, -0.2) is 40.6 Å². The van der Waals surface area contributed by atoms with Gasteiger partial charge in [-0.3, -0.25) is 14.3 Å². The predicted octanol–water partition coefficient (Wildman–Crippen LogP) is -0.904. The van der Waals surface area contributed by atoms with E-state index in [1.807, 2.05) is 0 Å². The summed E-state index contributed by atoms with van der Waals surface area (Å²) in [6, 6.07) is 0. The van der Waals surface area contributed by atoms with Gasteiger partial charge in [-0.15, -0.1) is 0 Å². The van der Waals surface area contributed by atoms with Crippen LogP contribution in [0.25, 0.3) is 0 Å². The van der Waals surface area contributed by atoms with E-state index in [1.54, 1.807) is 0 Å². The van der Waals surface area contributed by atoms with Crippen LogP contribution in [-0.2, 0) is 9.47 Å². The molecule has 0 amide bonds. The van der Waals surface area contributed by atoms with Crippen LogP contribution in [0.15, 0.2) is 15.8 Å². The molecule has 1 aromatic rings. The van der Waals surface area contributed by atoms with E-state index in [-0.39, 0.29) is 24.8 Å². The molecule has 1 saturated heterocycles. The molecule has 1 aliphatic heterocycles. The van der Waals surface area contributed by atoms with E-state index >= 15 is 0 Å². The number of nitrogens with one attached hydrogen (secondary N) is 1. The minimum atomic E-state index is -0.706. The summed E-state index contributed by atoms with van der Waals surface area (Å²) < 4.78 is 11.7. The molecule has 2 heterocycles. The molecule has 0 radical (unpaired) electrons. The highest BCUT2D eigenvalue weighted by Crippen LogP contribution is 2.16. The lowest BCUT2D eigenvalue weighted by Gasteiger charge is -2.29. The smallest absolute Gasteiger partial charge is 0.330 e. The second-order valence-electron chi connectivity index (χ2n) is 3.58. The summed E-state index contributed by atoms with van der Waals surface area (Å²) in [5.74, 6) is 0. The Morgan fingerprint density at radius 1 is 1.53 bits per heavy atom. The summed E-state index contributed by atoms with van der Waals surface area (Å²) >= 11 is 5.63. The lowest BCUT2D eigenvalue weighted by atomic mass is 10.3. The van der Waals surface area contributed by atoms with E-state index < -0.39 is 23.6 Å². The molecule has 8 heteroatoms. The number of ether oxygens (including phenoxy) is 2. The molecule has 2 rings (SSSR count). The van der Waals surface area contributed by atoms with Crippen LogP contribution in [0.3, 0.4) is 0 Å². The standard InChI is InChI=1S/C9H11ClN2O5/c10-6-1-12(9(15)11-8(6)14)7-4-16-3-5(2-13)17-7/h1,5,7,13H,2-4H2,(H,11,14,15)/t5-,7-/m1/s1. The fourth-order valence-corrected chi connectivity index (χ4v) is 1.67. The molecule has 7 nitrogen and oxygen atoms in total. The fourth-order valence-electron chi connectivity index (χ4n) is 1.52. The quantitative estimate of drug-likeness (QED) is 0.720. The van der Waals surface area contributed by atoms with Crippen molar-refractivity contribution in [2.75, 3.05) is 19.8 Å². The van der Waals surface area contributed by atoms with Crippen LogP contribution in [0.5, 0.6) is 0 Å². The second-order valence-corrected chi connectivity index (χ2v) is 3.98. The number of halogens is 1. The zero-order valence-corrected chi connectivity index (χ0v) is 9.51. The molecule has 0 aromatic carbocycles. The van der Waals surface area contributed by atoms with Gasteiger partial charge >= 0.3 is 5.69 Å². The minimum absolute atomic E-state index is 0.112. The van der Waals surface area contributed by atoms with Crippen LogP contribution in [0, 0.1) is 0 Å². The van der Waals surface area contributed by atoms with Gasteiger partial charge in [0.25, 0.3) is 5.56 Å². The molecular weight excluding hydrogens is 252 g/mol. The number of aromatic amines is 1. The normalized spacial score (nSPS) is 24.8. The highest BCUT2D eigenvalue weighted by atomic mass is 35.5. The average Bonchev–Trinajstić information content (AvgIpc) is 2.34. The van der Waals surface area contributed by atoms with Gasteiger partial charge in [0.05, 0.1) is 19.8 Å². The van der Waals surface area contributed by atoms with Crippen molar-refractivity contribution in [1.82, 2.24) is 9.55 Å². The summed E-state index contributed by atoms with van der Waals surface area (Å²) in [7, 11) is 0. The topological polar surface area (TPSA) is 93.6 Å². The first kappa shape index (κ1) is 12.3. The van der Waals surface area contributed by atoms with E-state index in [0.29, 0.717) is 0 Å². The van der Waals surface area contributed by atoms with E-state index in [0.717, 1.165) is 4.57 Å². The Hall–Kier alpha value is -1.15. The van der Waals surface area contributed by atoms with Crippen molar-refractivity contribution in [3.8, 4) is 0 Å². The fraction of sp³-hybridized carbons (Fsp3) is 0.556. The monoisotopic (exact) mass is 262 g/mol. The number of aliphatic hydroxyl groups is 1. The first-order valence-electron chi connectivity index (χ1n) is 4.97. The third kappa shape index (κ3) is 2.58. The van der Waals surface area contributed by atoms with Crippen LogP contribution < -0.4 is 11.2 Å². The Morgan fingerprint density at radius 2 is 2.29 bits per heavy atom. The van der Waals surface area contributed by atoms with Crippen molar-refractivity contribution in [2.24, 2.45) is 0 Å². The first-order chi connectivity index (χ1) is 8.11. The Kier molecular flexibility index (Phi) is 3.63. The Balaban J connectivity index is 2.31. The predicted molar refractivity (Wildman–Crippen MR) is 58.1 cm³/mol. The Labute approximate surface area is 101 Å². The van der Waals surface area contributed by atoms with Gasteiger partial charge < -0.3 is 14.6 Å². The minimum Gasteiger partial charge on any atom is -0.394 e. The molecule has 0 saturated carbocycles. The van der Waals surface area contributed by atoms with Crippen molar-refractivity contribution >= 4 is 11.6 Å². The molecule has 1 aliphatic rings. The maximum Gasteiger partial charge on any atom is 0.330 e. The molecule has 0 unspecified atom stereocenters. The summed E-state index contributed by atoms with van der Waals surface area (Å²) in [5.41, 5.74) is -1.28. The van der Waals surface area contributed by atoms with Gasteiger partial charge in [0.2, 0.25) is 0 Å². The molecule has 94 valence electrons. The molecule has 2 atom stereocenters. The van der Waals surface area contributed by atoms with Crippen molar-refractivity contribution in [3.63, 3.8) is 0 Å². The summed E-state index contributed by atoms with van der Waals surface area (Å²) in [5, 5.41) is 8.84. The highest BCUT2D eigenvalue weighted by molar-refractivity contribution is 6.30. The lowest BCUT2D eigenvalue weighted by Crippen LogP contribution is -2.41. The number of hydrogen-bond donors (Lipinski definition) is 2. The van der Waals surface area contributed by atoms with Gasteiger partial charge in [-0.25, -0.2) is 4.79 Å². The summed E-state index contributed by atoms with van der Waals surface area (Å²) in [6.07, 6.45) is -0.00893. The summed E-state index contributed by atoms with van der Waals surface area (Å²) in [6.45, 7) is 0.208. The molecule has 1 fully saturated rings. The molecule has 0 bridgehead atoms. The number of aliphatic hydroxyl groups excluding tert-OH is 1. The van der Waals surface area contributed by atoms with Gasteiger partial charge in [-0.2, -0.15) is 0 Å². The van der Waals surface area contributed by atoms with Gasteiger partial charge in [0.15, 0.2) is 6.23 Å². The highest BCUT2D eigenvalue weighted by Gasteiger charge is 2.24. The van der Waals surface area contributed by atoms with Gasteiger partial charge in [0.1, 0.15) is 11.1 Å². The molecule has 0 spiro atoms. The Bertz CT molecular complexity index is 511. The van der Waals surface area contributed by atoms with Crippen molar-refractivity contribution < 1.29 is 14.6 Å². The third-order valence-electron chi connectivity index (χ3n) is 2.35. The zero-order chi connectivity index (χ0) is 12.4. The number of H-pyrrole nitrogens is 1. The van der Waals surface area contributed by atoms with Crippen molar-refractivity contribution in [2.45, 2.75) is 12.3 Å². The van der Waals surface area contributed by atoms with E-state index in [4.69, 9.17) is 26.2 Å². The molecule has 17 heavy (non-hydrogen) atoms. The molecule has 1 aromatic heterocycles. The van der Waals surface area contributed by atoms with Gasteiger partial charge in [-0.1, -0.05) is 11.6 Å². The van der Waals surface area contributed by atoms with Gasteiger partial charge in [0, 0.05) is 6.20 Å². The van der Waals surface area contributed by atoms with Gasteiger partial charge in [-0.05, 0) is 0 Å². The van der Waals surface area contributed by atoms with Crippen molar-refractivity contribution in [1.29, 1.82) is 0 Å². The lowest BCUT2D eigenvalue weighted by molar-refractivity contribution is -0.180. The van der Waals surface area contributed by atoms with Crippen LogP contribution in [0.4, 0.5) is 0 Å². The van der Waals surface area contributed by atoms with E-state index in [2.05, 4.69) is 4.98 Å². The Morgan fingerprint density at radius 3 is 3.00 bits per heavy atom. The van der Waals surface area contributed by atoms with E-state index in [1.165, 1.54) is 6.20 Å². The first-order valence-corrected chi connectivity index (χ1v) is 5.34. The average molecular weight is 263 g/mol. The van der Waals surface area contributed by atoms with Crippen LogP contribution in [0.1, 0.15) is 6.23 Å². The number of nitrogens with zero attached hydrogens (tertiary/aromatic N) is 1. The largest absolute Gasteiger partial charge is 0.394 e. The summed E-state index contributed by atoms with van der Waals surface area (Å²) in [4.78, 5) is 24.7. The van der Waals surface area contributed by atoms with Crippen molar-refractivity contribution in [3.05, 3.63) is 32.1 Å². The van der Waals surface area contributed by atoms with E-state index in [9.17, 15) is 9.59 Å². The van der Waals surface area contributed by atoms with Crippen LogP contribution >= 0.6 is 11.6 Å². The molecular formula is C9H11ClN2O5. The molecule has 2 N–H and O–H groups in total. The number of hydrogen-bond acceptors (Lipinski definition) is 5.